The highest BCUT2D eigenvalue weighted by Gasteiger charge is 2.11. The summed E-state index contributed by atoms with van der Waals surface area (Å²) in [7, 11) is 0. The average Bonchev–Trinajstić information content (AvgIpc) is 2.59. The zero-order chi connectivity index (χ0) is 17.5. The van der Waals surface area contributed by atoms with Gasteiger partial charge in [-0.2, -0.15) is 10.5 Å². The first-order valence-electron chi connectivity index (χ1n) is 6.78. The smallest absolute Gasteiger partial charge is 0.258 e. The van der Waals surface area contributed by atoms with Crippen LogP contribution in [0.4, 0.5) is 5.69 Å². The molecule has 6 heteroatoms. The largest absolute Gasteiger partial charge is 0.276 e. The lowest BCUT2D eigenvalue weighted by molar-refractivity contribution is -0.385. The van der Waals surface area contributed by atoms with Crippen molar-refractivity contribution in [3.63, 3.8) is 0 Å². The number of allylic oxidation sites excluding steroid dienone is 3. The maximum atomic E-state index is 11.1. The Hall–Kier alpha value is -3.22. The molecule has 0 aliphatic rings. The van der Waals surface area contributed by atoms with Crippen molar-refractivity contribution in [2.45, 2.75) is 0 Å². The normalized spacial score (nSPS) is 9.96. The Morgan fingerprint density at radius 1 is 1.08 bits per heavy atom. The lowest BCUT2D eigenvalue weighted by Crippen LogP contribution is -1.91. The fourth-order valence-electron chi connectivity index (χ4n) is 2.07. The number of rotatable bonds is 4. The number of nitro benzene ring substituents is 1. The number of halogens is 1. The van der Waals surface area contributed by atoms with Crippen LogP contribution in [-0.4, -0.2) is 4.92 Å². The van der Waals surface area contributed by atoms with E-state index in [0.717, 1.165) is 4.47 Å². The number of para-hydroxylation sites is 1. The molecule has 116 valence electrons. The Bertz CT molecular complexity index is 901. The number of nitriles is 2. The number of nitrogens with zero attached hydrogens (tertiary/aromatic N) is 3. The molecule has 2 aromatic rings. The number of benzene rings is 2. The maximum Gasteiger partial charge on any atom is 0.276 e. The molecule has 0 aromatic heterocycles. The van der Waals surface area contributed by atoms with Crippen LogP contribution in [-0.2, 0) is 0 Å². The third-order valence-corrected chi connectivity index (χ3v) is 3.74. The molecule has 2 aromatic carbocycles. The summed E-state index contributed by atoms with van der Waals surface area (Å²) in [5.41, 5.74) is 1.37. The van der Waals surface area contributed by atoms with Gasteiger partial charge in [0.25, 0.3) is 5.69 Å². The molecule has 0 atom stereocenters. The highest BCUT2D eigenvalue weighted by molar-refractivity contribution is 9.10. The van der Waals surface area contributed by atoms with Crippen molar-refractivity contribution in [3.05, 3.63) is 85.9 Å². The van der Waals surface area contributed by atoms with Gasteiger partial charge in [0.05, 0.1) is 10.5 Å². The molecule has 0 radical (unpaired) electrons. The van der Waals surface area contributed by atoms with Gasteiger partial charge in [-0.3, -0.25) is 10.1 Å². The predicted octanol–water partition coefficient (Wildman–Crippen LogP) is 4.87. The maximum absolute atomic E-state index is 11.1. The van der Waals surface area contributed by atoms with E-state index < -0.39 is 4.92 Å². The second-order valence-electron chi connectivity index (χ2n) is 4.67. The molecule has 0 aliphatic heterocycles. The van der Waals surface area contributed by atoms with E-state index in [4.69, 9.17) is 0 Å². The zero-order valence-electron chi connectivity index (χ0n) is 12.3. The number of hydrogen-bond donors (Lipinski definition) is 0. The zero-order valence-corrected chi connectivity index (χ0v) is 13.9. The number of hydrogen-bond acceptors (Lipinski definition) is 4. The number of nitro groups is 1. The van der Waals surface area contributed by atoms with Crippen LogP contribution in [0.3, 0.4) is 0 Å². The van der Waals surface area contributed by atoms with Crippen LogP contribution < -0.4 is 0 Å². The molecule has 0 amide bonds. The molecular formula is C18H10BrN3O2. The van der Waals surface area contributed by atoms with E-state index in [0.29, 0.717) is 16.7 Å². The van der Waals surface area contributed by atoms with Crippen LogP contribution in [0.15, 0.2) is 64.7 Å². The van der Waals surface area contributed by atoms with Crippen molar-refractivity contribution in [2.24, 2.45) is 0 Å². The van der Waals surface area contributed by atoms with Crippen LogP contribution in [0, 0.1) is 32.8 Å². The minimum absolute atomic E-state index is 0.0422. The van der Waals surface area contributed by atoms with Gasteiger partial charge >= 0.3 is 0 Å². The fourth-order valence-corrected chi connectivity index (χ4v) is 2.33. The van der Waals surface area contributed by atoms with Crippen molar-refractivity contribution in [2.75, 3.05) is 0 Å². The van der Waals surface area contributed by atoms with Crippen LogP contribution in [0.2, 0.25) is 0 Å². The van der Waals surface area contributed by atoms with Gasteiger partial charge in [-0.1, -0.05) is 46.3 Å². The third kappa shape index (κ3) is 3.95. The quantitative estimate of drug-likeness (QED) is 0.327. The predicted molar refractivity (Wildman–Crippen MR) is 94.4 cm³/mol. The molecule has 24 heavy (non-hydrogen) atoms. The molecule has 0 N–H and O–H groups in total. The van der Waals surface area contributed by atoms with Gasteiger partial charge in [-0.05, 0) is 29.8 Å². The standard InChI is InChI=1S/C18H10BrN3O2/c19-16-8-5-13(6-9-16)17(15(11-20)12-21)10-7-14-3-1-2-4-18(14)22(23)24/h1-10H/b10-7+. The summed E-state index contributed by atoms with van der Waals surface area (Å²) >= 11 is 3.33. The molecular weight excluding hydrogens is 370 g/mol. The second kappa shape index (κ2) is 7.87. The molecule has 2 rings (SSSR count). The summed E-state index contributed by atoms with van der Waals surface area (Å²) < 4.78 is 0.865. The molecule has 0 unspecified atom stereocenters. The van der Waals surface area contributed by atoms with E-state index >= 15 is 0 Å². The van der Waals surface area contributed by atoms with Crippen molar-refractivity contribution in [1.29, 1.82) is 10.5 Å². The van der Waals surface area contributed by atoms with Gasteiger partial charge in [0.2, 0.25) is 0 Å². The van der Waals surface area contributed by atoms with E-state index in [1.54, 1.807) is 48.5 Å². The average molecular weight is 380 g/mol. The van der Waals surface area contributed by atoms with Crippen molar-refractivity contribution in [1.82, 2.24) is 0 Å². The molecule has 5 nitrogen and oxygen atoms in total. The minimum Gasteiger partial charge on any atom is -0.258 e. The fraction of sp³-hybridized carbons (Fsp3) is 0. The van der Waals surface area contributed by atoms with Crippen LogP contribution in [0.25, 0.3) is 11.6 Å². The Balaban J connectivity index is 2.54. The topological polar surface area (TPSA) is 90.7 Å². The van der Waals surface area contributed by atoms with E-state index in [-0.39, 0.29) is 11.3 Å². The summed E-state index contributed by atoms with van der Waals surface area (Å²) in [6.07, 6.45) is 3.08. The third-order valence-electron chi connectivity index (χ3n) is 3.21. The molecule has 0 aliphatic carbocycles. The van der Waals surface area contributed by atoms with Crippen molar-refractivity contribution < 1.29 is 4.92 Å². The summed E-state index contributed by atoms with van der Waals surface area (Å²) in [5.74, 6) is 0. The molecule has 0 saturated heterocycles. The van der Waals surface area contributed by atoms with Gasteiger partial charge in [-0.25, -0.2) is 0 Å². The Morgan fingerprint density at radius 2 is 1.71 bits per heavy atom. The molecule has 0 fully saturated rings. The Morgan fingerprint density at radius 3 is 2.29 bits per heavy atom. The van der Waals surface area contributed by atoms with E-state index in [2.05, 4.69) is 15.9 Å². The van der Waals surface area contributed by atoms with Gasteiger partial charge in [0.15, 0.2) is 0 Å². The van der Waals surface area contributed by atoms with Crippen LogP contribution in [0.5, 0.6) is 0 Å². The van der Waals surface area contributed by atoms with E-state index in [1.807, 2.05) is 12.1 Å². The summed E-state index contributed by atoms with van der Waals surface area (Å²) in [6, 6.07) is 17.1. The Kier molecular flexibility index (Phi) is 5.62. The van der Waals surface area contributed by atoms with E-state index in [9.17, 15) is 20.6 Å². The highest BCUT2D eigenvalue weighted by atomic mass is 79.9. The summed E-state index contributed by atoms with van der Waals surface area (Å²) in [6.45, 7) is 0. The molecule has 0 spiro atoms. The Labute approximate surface area is 147 Å². The first-order valence-corrected chi connectivity index (χ1v) is 7.58. The lowest BCUT2D eigenvalue weighted by Gasteiger charge is -2.04. The van der Waals surface area contributed by atoms with Gasteiger partial charge < -0.3 is 0 Å². The second-order valence-corrected chi connectivity index (χ2v) is 5.58. The first kappa shape index (κ1) is 17.1. The monoisotopic (exact) mass is 379 g/mol. The van der Waals surface area contributed by atoms with Crippen LogP contribution in [0.1, 0.15) is 11.1 Å². The van der Waals surface area contributed by atoms with Crippen molar-refractivity contribution >= 4 is 33.3 Å². The van der Waals surface area contributed by atoms with Crippen LogP contribution >= 0.6 is 15.9 Å². The van der Waals surface area contributed by atoms with Gasteiger partial charge in [0.1, 0.15) is 17.7 Å². The lowest BCUT2D eigenvalue weighted by atomic mass is 9.99. The highest BCUT2D eigenvalue weighted by Crippen LogP contribution is 2.25. The molecule has 0 bridgehead atoms. The molecule has 0 saturated carbocycles. The van der Waals surface area contributed by atoms with E-state index in [1.165, 1.54) is 12.1 Å². The van der Waals surface area contributed by atoms with Crippen molar-refractivity contribution in [3.8, 4) is 12.1 Å². The van der Waals surface area contributed by atoms with Gasteiger partial charge in [0, 0.05) is 16.1 Å². The first-order chi connectivity index (χ1) is 11.6. The summed E-state index contributed by atoms with van der Waals surface area (Å²) in [5, 5.41) is 29.4. The molecule has 0 heterocycles. The minimum atomic E-state index is -0.474. The summed E-state index contributed by atoms with van der Waals surface area (Å²) in [4.78, 5) is 10.6. The van der Waals surface area contributed by atoms with Gasteiger partial charge in [-0.15, -0.1) is 0 Å². The SMILES string of the molecule is N#CC(C#N)=C(/C=C/c1ccccc1[N+](=O)[O-])c1ccc(Br)cc1.